The zero-order valence-electron chi connectivity index (χ0n) is 18.4. The summed E-state index contributed by atoms with van der Waals surface area (Å²) in [6.45, 7) is 2.54. The summed E-state index contributed by atoms with van der Waals surface area (Å²) < 4.78 is 16.2. The second-order valence-electron chi connectivity index (χ2n) is 7.49. The number of hydrogen-bond donors (Lipinski definition) is 1. The Morgan fingerprint density at radius 1 is 1.12 bits per heavy atom. The second-order valence-corrected chi connectivity index (χ2v) is 8.31. The fraction of sp³-hybridized carbons (Fsp3) is 0.200. The zero-order chi connectivity index (χ0) is 24.4. The van der Waals surface area contributed by atoms with Gasteiger partial charge in [0.15, 0.2) is 5.75 Å². The van der Waals surface area contributed by atoms with Gasteiger partial charge in [0.1, 0.15) is 23.3 Å². The number of benzene rings is 2. The first-order valence-electron chi connectivity index (χ1n) is 10.4. The molecule has 1 amide bonds. The third-order valence-electron chi connectivity index (χ3n) is 5.42. The molecule has 0 saturated carbocycles. The van der Waals surface area contributed by atoms with E-state index >= 15 is 0 Å². The predicted molar refractivity (Wildman–Crippen MR) is 127 cm³/mol. The number of hydrogen-bond acceptors (Lipinski definition) is 6. The van der Waals surface area contributed by atoms with E-state index in [2.05, 4.69) is 0 Å². The van der Waals surface area contributed by atoms with E-state index < -0.39 is 23.5 Å². The molecular formula is C25H21Cl2NO6. The van der Waals surface area contributed by atoms with Crippen molar-refractivity contribution < 1.29 is 28.6 Å². The van der Waals surface area contributed by atoms with Crippen LogP contribution in [0.15, 0.2) is 64.8 Å². The van der Waals surface area contributed by atoms with Crippen LogP contribution >= 0.6 is 23.2 Å². The van der Waals surface area contributed by atoms with Crippen molar-refractivity contribution in [2.75, 3.05) is 13.7 Å². The summed E-state index contributed by atoms with van der Waals surface area (Å²) in [6.07, 6.45) is 1.44. The summed E-state index contributed by atoms with van der Waals surface area (Å²) in [6, 6.07) is 12.4. The zero-order valence-corrected chi connectivity index (χ0v) is 19.9. The van der Waals surface area contributed by atoms with E-state index in [1.807, 2.05) is 19.1 Å². The predicted octanol–water partition coefficient (Wildman–Crippen LogP) is 5.62. The Hall–Kier alpha value is -3.42. The van der Waals surface area contributed by atoms with Crippen LogP contribution in [0.5, 0.6) is 11.5 Å². The van der Waals surface area contributed by atoms with Crippen molar-refractivity contribution in [2.45, 2.75) is 19.5 Å². The number of carbonyl (C=O) groups is 2. The molecule has 1 N–H and O–H groups in total. The molecule has 176 valence electrons. The summed E-state index contributed by atoms with van der Waals surface area (Å²) in [4.78, 5) is 27.5. The lowest BCUT2D eigenvalue weighted by Crippen LogP contribution is -2.29. The van der Waals surface area contributed by atoms with Gasteiger partial charge in [-0.2, -0.15) is 0 Å². The number of furan rings is 1. The molecule has 0 radical (unpaired) electrons. The average Bonchev–Trinajstić information content (AvgIpc) is 3.43. The van der Waals surface area contributed by atoms with E-state index in [0.717, 1.165) is 5.56 Å². The molecule has 1 aromatic heterocycles. The van der Waals surface area contributed by atoms with Crippen LogP contribution < -0.4 is 9.47 Å². The van der Waals surface area contributed by atoms with E-state index in [4.69, 9.17) is 37.1 Å². The molecule has 1 aliphatic rings. The highest BCUT2D eigenvalue weighted by atomic mass is 35.5. The molecule has 9 heteroatoms. The standard InChI is InChI=1S/C25H21Cl2NO6/c1-3-33-16-8-6-14(7-9-16)13-28-21(19-5-4-10-34-19)20(23(30)25(28)31)22(29)15-11-17(26)24(32-2)18(27)12-15/h4-12,21,29H,3,13H2,1-2H3/b22-20-. The van der Waals surface area contributed by atoms with Crippen LogP contribution in [-0.4, -0.2) is 35.4 Å². The third kappa shape index (κ3) is 4.36. The first kappa shape index (κ1) is 23.7. The van der Waals surface area contributed by atoms with Crippen LogP contribution in [0, 0.1) is 0 Å². The Labute approximate surface area is 206 Å². The highest BCUT2D eigenvalue weighted by Crippen LogP contribution is 2.42. The van der Waals surface area contributed by atoms with Crippen molar-refractivity contribution in [1.29, 1.82) is 0 Å². The van der Waals surface area contributed by atoms with Crippen molar-refractivity contribution in [3.05, 3.63) is 87.3 Å². The molecule has 34 heavy (non-hydrogen) atoms. The molecular weight excluding hydrogens is 481 g/mol. The minimum absolute atomic E-state index is 0.114. The van der Waals surface area contributed by atoms with Gasteiger partial charge in [0, 0.05) is 12.1 Å². The smallest absolute Gasteiger partial charge is 0.296 e. The fourth-order valence-electron chi connectivity index (χ4n) is 3.89. The number of nitrogens with zero attached hydrogens (tertiary/aromatic N) is 1. The quantitative estimate of drug-likeness (QED) is 0.257. The fourth-order valence-corrected chi connectivity index (χ4v) is 4.53. The molecule has 1 atom stereocenters. The maximum atomic E-state index is 13.1. The molecule has 0 bridgehead atoms. The molecule has 2 heterocycles. The highest BCUT2D eigenvalue weighted by Gasteiger charge is 2.47. The number of amides is 1. The Kier molecular flexibility index (Phi) is 6.86. The van der Waals surface area contributed by atoms with Gasteiger partial charge in [0.2, 0.25) is 0 Å². The van der Waals surface area contributed by atoms with E-state index in [1.165, 1.54) is 30.4 Å². The molecule has 4 rings (SSSR count). The van der Waals surface area contributed by atoms with Crippen molar-refractivity contribution in [2.24, 2.45) is 0 Å². The van der Waals surface area contributed by atoms with Crippen LogP contribution in [-0.2, 0) is 16.1 Å². The third-order valence-corrected chi connectivity index (χ3v) is 5.98. The molecule has 7 nitrogen and oxygen atoms in total. The lowest BCUT2D eigenvalue weighted by molar-refractivity contribution is -0.140. The van der Waals surface area contributed by atoms with Gasteiger partial charge in [-0.25, -0.2) is 0 Å². The number of ether oxygens (including phenoxy) is 2. The molecule has 3 aromatic rings. The molecule has 1 aliphatic heterocycles. The lowest BCUT2D eigenvalue weighted by Gasteiger charge is -2.23. The van der Waals surface area contributed by atoms with E-state index in [1.54, 1.807) is 24.3 Å². The summed E-state index contributed by atoms with van der Waals surface area (Å²) >= 11 is 12.4. The Morgan fingerprint density at radius 2 is 1.79 bits per heavy atom. The van der Waals surface area contributed by atoms with Crippen molar-refractivity contribution >= 4 is 40.7 Å². The number of halogens is 2. The first-order valence-corrected chi connectivity index (χ1v) is 11.2. The lowest BCUT2D eigenvalue weighted by atomic mass is 9.99. The minimum atomic E-state index is -0.943. The number of likely N-dealkylation sites (tertiary alicyclic amines) is 1. The highest BCUT2D eigenvalue weighted by molar-refractivity contribution is 6.46. The van der Waals surface area contributed by atoms with Crippen molar-refractivity contribution in [3.8, 4) is 11.5 Å². The van der Waals surface area contributed by atoms with Gasteiger partial charge in [0.05, 0.1) is 35.6 Å². The van der Waals surface area contributed by atoms with Gasteiger partial charge in [0.25, 0.3) is 11.7 Å². The van der Waals surface area contributed by atoms with Crippen LogP contribution in [0.25, 0.3) is 5.76 Å². The molecule has 2 aromatic carbocycles. The van der Waals surface area contributed by atoms with Crippen molar-refractivity contribution in [3.63, 3.8) is 0 Å². The van der Waals surface area contributed by atoms with Gasteiger partial charge in [-0.15, -0.1) is 0 Å². The minimum Gasteiger partial charge on any atom is -0.507 e. The van der Waals surface area contributed by atoms with Gasteiger partial charge in [-0.1, -0.05) is 35.3 Å². The van der Waals surface area contributed by atoms with Gasteiger partial charge < -0.3 is 23.9 Å². The second kappa shape index (κ2) is 9.83. The number of aliphatic hydroxyl groups is 1. The Bertz CT molecular complexity index is 1230. The topological polar surface area (TPSA) is 89.2 Å². The van der Waals surface area contributed by atoms with E-state index in [-0.39, 0.29) is 33.5 Å². The Morgan fingerprint density at radius 3 is 2.35 bits per heavy atom. The summed E-state index contributed by atoms with van der Waals surface area (Å²) in [5.74, 6) is -0.754. The molecule has 1 fully saturated rings. The number of aliphatic hydroxyl groups excluding tert-OH is 1. The SMILES string of the molecule is CCOc1ccc(CN2C(=O)C(=O)/C(=C(\O)c3cc(Cl)c(OC)c(Cl)c3)C2c2ccco2)cc1. The number of carbonyl (C=O) groups excluding carboxylic acids is 2. The molecule has 0 spiro atoms. The van der Waals surface area contributed by atoms with Crippen LogP contribution in [0.2, 0.25) is 10.0 Å². The summed E-state index contributed by atoms with van der Waals surface area (Å²) in [5, 5.41) is 11.4. The van der Waals surface area contributed by atoms with Crippen LogP contribution in [0.1, 0.15) is 29.9 Å². The normalized spacial score (nSPS) is 17.3. The van der Waals surface area contributed by atoms with E-state index in [9.17, 15) is 14.7 Å². The first-order chi connectivity index (χ1) is 16.3. The summed E-state index contributed by atoms with van der Waals surface area (Å²) in [7, 11) is 1.41. The number of ketones is 1. The molecule has 0 aliphatic carbocycles. The molecule has 1 saturated heterocycles. The average molecular weight is 502 g/mol. The largest absolute Gasteiger partial charge is 0.507 e. The van der Waals surface area contributed by atoms with Gasteiger partial charge >= 0.3 is 0 Å². The number of rotatable bonds is 7. The van der Waals surface area contributed by atoms with Crippen LogP contribution in [0.3, 0.4) is 0 Å². The van der Waals surface area contributed by atoms with Gasteiger partial charge in [-0.05, 0) is 48.9 Å². The molecule has 1 unspecified atom stereocenters. The number of Topliss-reactive ketones (excluding diaryl/α,β-unsaturated/α-hetero) is 1. The number of methoxy groups -OCH3 is 1. The van der Waals surface area contributed by atoms with Crippen LogP contribution in [0.4, 0.5) is 0 Å². The van der Waals surface area contributed by atoms with E-state index in [0.29, 0.717) is 18.1 Å². The maximum absolute atomic E-state index is 13.1. The Balaban J connectivity index is 1.78. The van der Waals surface area contributed by atoms with Crippen molar-refractivity contribution in [1.82, 2.24) is 4.90 Å². The maximum Gasteiger partial charge on any atom is 0.296 e. The van der Waals surface area contributed by atoms with Gasteiger partial charge in [-0.3, -0.25) is 9.59 Å². The summed E-state index contributed by atoms with van der Waals surface area (Å²) in [5.41, 5.74) is 0.826. The monoisotopic (exact) mass is 501 g/mol.